The highest BCUT2D eigenvalue weighted by molar-refractivity contribution is 5.51. The lowest BCUT2D eigenvalue weighted by Gasteiger charge is -2.17. The zero-order valence-electron chi connectivity index (χ0n) is 11.7. The van der Waals surface area contributed by atoms with Gasteiger partial charge in [-0.05, 0) is 36.2 Å². The first-order chi connectivity index (χ1) is 9.69. The van der Waals surface area contributed by atoms with Crippen LogP contribution < -0.4 is 15.8 Å². The molecule has 104 valence electrons. The Morgan fingerprint density at radius 2 is 1.80 bits per heavy atom. The van der Waals surface area contributed by atoms with Crippen LogP contribution in [0.5, 0.6) is 5.75 Å². The molecule has 0 heterocycles. The summed E-state index contributed by atoms with van der Waals surface area (Å²) in [5.74, 6) is 0.828. The lowest BCUT2D eigenvalue weighted by atomic mass is 10.0. The number of nitrogens with two attached hydrogens (primary N) is 1. The fourth-order valence-corrected chi connectivity index (χ4v) is 1.94. The Morgan fingerprint density at radius 1 is 1.15 bits per heavy atom. The van der Waals surface area contributed by atoms with Crippen LogP contribution in [0.4, 0.5) is 5.69 Å². The van der Waals surface area contributed by atoms with E-state index in [9.17, 15) is 0 Å². The molecule has 0 fully saturated rings. The smallest absolute Gasteiger partial charge is 0.119 e. The summed E-state index contributed by atoms with van der Waals surface area (Å²) >= 11 is 0. The highest BCUT2D eigenvalue weighted by atomic mass is 16.5. The molecule has 0 aliphatic rings. The predicted molar refractivity (Wildman–Crippen MR) is 83.9 cm³/mol. The van der Waals surface area contributed by atoms with Gasteiger partial charge in [0, 0.05) is 17.4 Å². The van der Waals surface area contributed by atoms with Crippen molar-refractivity contribution in [3.63, 3.8) is 0 Å². The molecule has 2 aromatic rings. The number of ether oxygens (including phenoxy) is 1. The zero-order valence-corrected chi connectivity index (χ0v) is 11.7. The van der Waals surface area contributed by atoms with E-state index >= 15 is 0 Å². The second kappa shape index (κ2) is 6.78. The van der Waals surface area contributed by atoms with Crippen molar-refractivity contribution in [1.82, 2.24) is 0 Å². The Balaban J connectivity index is 1.93. The lowest BCUT2D eigenvalue weighted by Crippen LogP contribution is -2.28. The number of hydrogen-bond donors (Lipinski definition) is 2. The average molecular weight is 268 g/mol. The Morgan fingerprint density at radius 3 is 2.40 bits per heavy atom. The third-order valence-electron chi connectivity index (χ3n) is 3.14. The van der Waals surface area contributed by atoms with Crippen molar-refractivity contribution in [2.75, 3.05) is 12.4 Å². The van der Waals surface area contributed by atoms with Gasteiger partial charge >= 0.3 is 0 Å². The standard InChI is InChI=1S/C17H20N2O/c1-13(17(18)12-14-6-4-3-5-7-14)19-15-8-10-16(20-2)11-9-15/h3-11,17,19H,1,12,18H2,2H3/t17-/m0/s1. The predicted octanol–water partition coefficient (Wildman–Crippen LogP) is 3.19. The number of nitrogens with one attached hydrogen (secondary N) is 1. The number of methoxy groups -OCH3 is 1. The lowest BCUT2D eigenvalue weighted by molar-refractivity contribution is 0.415. The van der Waals surface area contributed by atoms with Gasteiger partial charge in [0.05, 0.1) is 7.11 Å². The SMILES string of the molecule is C=C(Nc1ccc(OC)cc1)[C@@H](N)Cc1ccccc1. The van der Waals surface area contributed by atoms with E-state index in [0.717, 1.165) is 23.6 Å². The van der Waals surface area contributed by atoms with Gasteiger partial charge in [-0.1, -0.05) is 36.9 Å². The summed E-state index contributed by atoms with van der Waals surface area (Å²) in [7, 11) is 1.65. The highest BCUT2D eigenvalue weighted by Gasteiger charge is 2.08. The second-order valence-corrected chi connectivity index (χ2v) is 4.67. The third kappa shape index (κ3) is 3.87. The van der Waals surface area contributed by atoms with Gasteiger partial charge in [0.2, 0.25) is 0 Å². The minimum atomic E-state index is -0.125. The van der Waals surface area contributed by atoms with Gasteiger partial charge in [-0.3, -0.25) is 0 Å². The molecule has 3 heteroatoms. The summed E-state index contributed by atoms with van der Waals surface area (Å²) in [5, 5.41) is 3.24. The average Bonchev–Trinajstić information content (AvgIpc) is 2.49. The molecule has 2 rings (SSSR count). The Labute approximate surface area is 120 Å². The van der Waals surface area contributed by atoms with Crippen molar-refractivity contribution >= 4 is 5.69 Å². The topological polar surface area (TPSA) is 47.3 Å². The molecule has 2 aromatic carbocycles. The Bertz CT molecular complexity index is 549. The van der Waals surface area contributed by atoms with Gasteiger partial charge in [-0.25, -0.2) is 0 Å². The minimum Gasteiger partial charge on any atom is -0.497 e. The molecular weight excluding hydrogens is 248 g/mol. The van der Waals surface area contributed by atoms with E-state index in [1.54, 1.807) is 7.11 Å². The van der Waals surface area contributed by atoms with Crippen molar-refractivity contribution < 1.29 is 4.74 Å². The van der Waals surface area contributed by atoms with Gasteiger partial charge in [0.1, 0.15) is 5.75 Å². The van der Waals surface area contributed by atoms with E-state index in [1.807, 2.05) is 42.5 Å². The van der Waals surface area contributed by atoms with Gasteiger partial charge in [-0.2, -0.15) is 0 Å². The van der Waals surface area contributed by atoms with E-state index in [4.69, 9.17) is 10.5 Å². The molecule has 20 heavy (non-hydrogen) atoms. The van der Waals surface area contributed by atoms with Crippen molar-refractivity contribution in [2.45, 2.75) is 12.5 Å². The number of anilines is 1. The highest BCUT2D eigenvalue weighted by Crippen LogP contribution is 2.17. The van der Waals surface area contributed by atoms with Crippen LogP contribution in [0.3, 0.4) is 0 Å². The molecule has 0 aliphatic heterocycles. The summed E-state index contributed by atoms with van der Waals surface area (Å²) in [6.45, 7) is 4.02. The second-order valence-electron chi connectivity index (χ2n) is 4.67. The van der Waals surface area contributed by atoms with E-state index in [2.05, 4.69) is 24.0 Å². The fraction of sp³-hybridized carbons (Fsp3) is 0.176. The van der Waals surface area contributed by atoms with Crippen molar-refractivity contribution in [3.05, 3.63) is 72.4 Å². The minimum absolute atomic E-state index is 0.125. The quantitative estimate of drug-likeness (QED) is 0.846. The maximum absolute atomic E-state index is 6.17. The van der Waals surface area contributed by atoms with Gasteiger partial charge in [0.15, 0.2) is 0 Å². The maximum atomic E-state index is 6.17. The summed E-state index contributed by atoms with van der Waals surface area (Å²) < 4.78 is 5.13. The summed E-state index contributed by atoms with van der Waals surface area (Å²) in [6.07, 6.45) is 0.767. The molecule has 3 N–H and O–H groups in total. The number of benzene rings is 2. The summed E-state index contributed by atoms with van der Waals surface area (Å²) in [6, 6.07) is 17.7. The van der Waals surface area contributed by atoms with Crippen molar-refractivity contribution in [1.29, 1.82) is 0 Å². The van der Waals surface area contributed by atoms with Crippen LogP contribution in [0.2, 0.25) is 0 Å². The number of hydrogen-bond acceptors (Lipinski definition) is 3. The Kier molecular flexibility index (Phi) is 4.80. The number of rotatable bonds is 6. The molecule has 0 saturated heterocycles. The van der Waals surface area contributed by atoms with Crippen LogP contribution in [0, 0.1) is 0 Å². The fourth-order valence-electron chi connectivity index (χ4n) is 1.94. The molecule has 3 nitrogen and oxygen atoms in total. The molecule has 0 aliphatic carbocycles. The summed E-state index contributed by atoms with van der Waals surface area (Å²) in [4.78, 5) is 0. The first-order valence-corrected chi connectivity index (χ1v) is 6.58. The molecular formula is C17H20N2O. The van der Waals surface area contributed by atoms with E-state index in [-0.39, 0.29) is 6.04 Å². The molecule has 0 spiro atoms. The maximum Gasteiger partial charge on any atom is 0.119 e. The van der Waals surface area contributed by atoms with Crippen molar-refractivity contribution in [2.24, 2.45) is 5.73 Å². The first kappa shape index (κ1) is 14.2. The summed E-state index contributed by atoms with van der Waals surface area (Å²) in [5.41, 5.74) is 9.13. The van der Waals surface area contributed by atoms with Crippen LogP contribution in [-0.4, -0.2) is 13.2 Å². The normalized spacial score (nSPS) is 11.7. The molecule has 0 unspecified atom stereocenters. The molecule has 0 radical (unpaired) electrons. The van der Waals surface area contributed by atoms with Gasteiger partial charge < -0.3 is 15.8 Å². The largest absolute Gasteiger partial charge is 0.497 e. The van der Waals surface area contributed by atoms with Gasteiger partial charge in [0.25, 0.3) is 0 Å². The first-order valence-electron chi connectivity index (χ1n) is 6.58. The van der Waals surface area contributed by atoms with Crippen molar-refractivity contribution in [3.8, 4) is 5.75 Å². The van der Waals surface area contributed by atoms with Crippen LogP contribution in [-0.2, 0) is 6.42 Å². The van der Waals surface area contributed by atoms with E-state index < -0.39 is 0 Å². The molecule has 0 amide bonds. The van der Waals surface area contributed by atoms with Crippen LogP contribution in [0.1, 0.15) is 5.56 Å². The zero-order chi connectivity index (χ0) is 14.4. The van der Waals surface area contributed by atoms with Gasteiger partial charge in [-0.15, -0.1) is 0 Å². The van der Waals surface area contributed by atoms with Crippen LogP contribution >= 0.6 is 0 Å². The third-order valence-corrected chi connectivity index (χ3v) is 3.14. The Hall–Kier alpha value is -2.26. The van der Waals surface area contributed by atoms with Crippen LogP contribution in [0.25, 0.3) is 0 Å². The molecule has 0 aromatic heterocycles. The van der Waals surface area contributed by atoms with E-state index in [1.165, 1.54) is 5.56 Å². The molecule has 1 atom stereocenters. The molecule has 0 saturated carbocycles. The monoisotopic (exact) mass is 268 g/mol. The van der Waals surface area contributed by atoms with E-state index in [0.29, 0.717) is 0 Å². The molecule has 0 bridgehead atoms. The van der Waals surface area contributed by atoms with Crippen LogP contribution in [0.15, 0.2) is 66.9 Å².